The average molecular weight is 319 g/mol. The number of benzene rings is 2. The van der Waals surface area contributed by atoms with Crippen LogP contribution in [0.2, 0.25) is 0 Å². The van der Waals surface area contributed by atoms with Crippen LogP contribution in [0, 0.1) is 0 Å². The largest absolute Gasteiger partial charge is 0.493 e. The third kappa shape index (κ3) is 1.83. The maximum atomic E-state index is 10.8. The van der Waals surface area contributed by atoms with Crippen LogP contribution in [-0.4, -0.2) is 19.9 Å². The van der Waals surface area contributed by atoms with E-state index < -0.39 is 0 Å². The molecule has 0 saturated carbocycles. The van der Waals surface area contributed by atoms with Gasteiger partial charge in [0.1, 0.15) is 0 Å². The normalized spacial score (nSPS) is 13.0. The van der Waals surface area contributed by atoms with Crippen molar-refractivity contribution in [3.05, 3.63) is 59.8 Å². The molecule has 0 spiro atoms. The van der Waals surface area contributed by atoms with E-state index in [4.69, 9.17) is 0 Å². The van der Waals surface area contributed by atoms with Crippen molar-refractivity contribution in [1.29, 1.82) is 0 Å². The van der Waals surface area contributed by atoms with Gasteiger partial charge in [-0.1, -0.05) is 47.7 Å². The second kappa shape index (κ2) is 4.67. The van der Waals surface area contributed by atoms with Crippen LogP contribution in [0.15, 0.2) is 48.5 Å². The van der Waals surface area contributed by atoms with E-state index >= 15 is 0 Å². The number of aromatic nitrogens is 3. The van der Waals surface area contributed by atoms with Gasteiger partial charge in [-0.25, -0.2) is 4.98 Å². The van der Waals surface area contributed by atoms with E-state index in [1.54, 1.807) is 4.68 Å². The number of thiazole rings is 1. The number of nitrogens with zero attached hydrogens (tertiary/aromatic N) is 3. The highest BCUT2D eigenvalue weighted by Crippen LogP contribution is 2.41. The molecule has 4 aromatic rings. The molecule has 2 aromatic heterocycles. The molecular weight excluding hydrogens is 306 g/mol. The summed E-state index contributed by atoms with van der Waals surface area (Å²) in [7, 11) is 0. The van der Waals surface area contributed by atoms with Crippen molar-refractivity contribution < 1.29 is 5.11 Å². The summed E-state index contributed by atoms with van der Waals surface area (Å²) in [6.07, 6.45) is 1.80. The Kier molecular flexibility index (Phi) is 2.60. The first-order chi connectivity index (χ1) is 11.3. The van der Waals surface area contributed by atoms with Crippen molar-refractivity contribution in [3.8, 4) is 22.1 Å². The Labute approximate surface area is 136 Å². The number of aryl methyl sites for hydroxylation is 2. The van der Waals surface area contributed by atoms with Crippen LogP contribution in [0.3, 0.4) is 0 Å². The fraction of sp³-hybridized carbons (Fsp3) is 0.111. The fourth-order valence-corrected chi connectivity index (χ4v) is 4.14. The lowest BCUT2D eigenvalue weighted by atomic mass is 9.90. The minimum Gasteiger partial charge on any atom is -0.493 e. The van der Waals surface area contributed by atoms with Crippen molar-refractivity contribution in [1.82, 2.24) is 14.8 Å². The van der Waals surface area contributed by atoms with Crippen LogP contribution in [0.5, 0.6) is 5.88 Å². The lowest BCUT2D eigenvalue weighted by Gasteiger charge is -2.14. The summed E-state index contributed by atoms with van der Waals surface area (Å²) in [5.74, 6) is 0.186. The predicted octanol–water partition coefficient (Wildman–Crippen LogP) is 3.95. The molecule has 1 aliphatic rings. The van der Waals surface area contributed by atoms with Gasteiger partial charge < -0.3 is 5.11 Å². The Morgan fingerprint density at radius 3 is 2.74 bits per heavy atom. The highest BCUT2D eigenvalue weighted by molar-refractivity contribution is 7.20. The average Bonchev–Trinajstić information content (AvgIpc) is 3.16. The second-order valence-corrected chi connectivity index (χ2v) is 6.69. The van der Waals surface area contributed by atoms with Gasteiger partial charge in [0.2, 0.25) is 11.0 Å². The molecule has 0 bridgehead atoms. The number of hydrogen-bond acceptors (Lipinski definition) is 4. The van der Waals surface area contributed by atoms with E-state index in [0.29, 0.717) is 5.13 Å². The molecule has 2 heterocycles. The lowest BCUT2D eigenvalue weighted by Crippen LogP contribution is -2.02. The van der Waals surface area contributed by atoms with Crippen molar-refractivity contribution in [2.24, 2.45) is 0 Å². The van der Waals surface area contributed by atoms with Gasteiger partial charge in [-0.3, -0.25) is 0 Å². The minimum absolute atomic E-state index is 0.186. The van der Waals surface area contributed by atoms with Crippen molar-refractivity contribution in [3.63, 3.8) is 0 Å². The SMILES string of the molecule is Oc1c2c(nn1-c1nc3ccccc3s1)CCc1ccccc1-2. The smallest absolute Gasteiger partial charge is 0.224 e. The molecule has 112 valence electrons. The van der Waals surface area contributed by atoms with Crippen LogP contribution in [0.1, 0.15) is 11.3 Å². The number of hydrogen-bond donors (Lipinski definition) is 1. The maximum absolute atomic E-state index is 10.8. The fourth-order valence-electron chi connectivity index (χ4n) is 3.22. The zero-order valence-electron chi connectivity index (χ0n) is 12.2. The molecule has 0 atom stereocenters. The van der Waals surface area contributed by atoms with Gasteiger partial charge in [0, 0.05) is 0 Å². The summed E-state index contributed by atoms with van der Waals surface area (Å²) in [6.45, 7) is 0. The topological polar surface area (TPSA) is 50.9 Å². The number of rotatable bonds is 1. The number of aromatic hydroxyl groups is 1. The molecule has 0 saturated heterocycles. The van der Waals surface area contributed by atoms with E-state index in [9.17, 15) is 5.11 Å². The summed E-state index contributed by atoms with van der Waals surface area (Å²) in [5.41, 5.74) is 5.07. The summed E-state index contributed by atoms with van der Waals surface area (Å²) >= 11 is 1.54. The second-order valence-electron chi connectivity index (χ2n) is 5.68. The van der Waals surface area contributed by atoms with Crippen LogP contribution in [-0.2, 0) is 12.8 Å². The molecule has 5 rings (SSSR count). The first-order valence-corrected chi connectivity index (χ1v) is 8.38. The summed E-state index contributed by atoms with van der Waals surface area (Å²) in [4.78, 5) is 4.60. The Morgan fingerprint density at radius 1 is 1.00 bits per heavy atom. The highest BCUT2D eigenvalue weighted by atomic mass is 32.1. The summed E-state index contributed by atoms with van der Waals surface area (Å²) < 4.78 is 2.67. The van der Waals surface area contributed by atoms with Gasteiger partial charge in [0.15, 0.2) is 0 Å². The minimum atomic E-state index is 0.186. The highest BCUT2D eigenvalue weighted by Gasteiger charge is 2.26. The van der Waals surface area contributed by atoms with Gasteiger partial charge in [-0.15, -0.1) is 0 Å². The first-order valence-electron chi connectivity index (χ1n) is 7.56. The molecular formula is C18H13N3OS. The molecule has 4 nitrogen and oxygen atoms in total. The monoisotopic (exact) mass is 319 g/mol. The van der Waals surface area contributed by atoms with Gasteiger partial charge >= 0.3 is 0 Å². The van der Waals surface area contributed by atoms with Crippen LogP contribution in [0.25, 0.3) is 26.5 Å². The molecule has 5 heteroatoms. The van der Waals surface area contributed by atoms with Crippen LogP contribution >= 0.6 is 11.3 Å². The molecule has 0 unspecified atom stereocenters. The van der Waals surface area contributed by atoms with Crippen LogP contribution < -0.4 is 0 Å². The Balaban J connectivity index is 1.74. The van der Waals surface area contributed by atoms with E-state index in [-0.39, 0.29) is 5.88 Å². The van der Waals surface area contributed by atoms with Crippen molar-refractivity contribution in [2.75, 3.05) is 0 Å². The predicted molar refractivity (Wildman–Crippen MR) is 91.3 cm³/mol. The standard InChI is InChI=1S/C18H13N3OS/c22-17-16-12-6-2-1-5-11(12)9-10-14(16)20-21(17)18-19-13-7-3-4-8-15(13)23-18/h1-8,22H,9-10H2. The first kappa shape index (κ1) is 12.8. The van der Waals surface area contributed by atoms with Gasteiger partial charge in [0.05, 0.1) is 21.5 Å². The van der Waals surface area contributed by atoms with E-state index in [1.165, 1.54) is 16.9 Å². The van der Waals surface area contributed by atoms with E-state index in [1.807, 2.05) is 36.4 Å². The third-order valence-electron chi connectivity index (χ3n) is 4.32. The molecule has 23 heavy (non-hydrogen) atoms. The van der Waals surface area contributed by atoms with Crippen molar-refractivity contribution in [2.45, 2.75) is 12.8 Å². The van der Waals surface area contributed by atoms with Gasteiger partial charge in [-0.05, 0) is 36.1 Å². The molecule has 0 amide bonds. The van der Waals surface area contributed by atoms with E-state index in [0.717, 1.165) is 39.9 Å². The third-order valence-corrected chi connectivity index (χ3v) is 5.33. The lowest BCUT2D eigenvalue weighted by molar-refractivity contribution is 0.435. The van der Waals surface area contributed by atoms with Gasteiger partial charge in [-0.2, -0.15) is 9.78 Å². The molecule has 1 N–H and O–H groups in total. The molecule has 2 aromatic carbocycles. The zero-order chi connectivity index (χ0) is 15.4. The van der Waals surface area contributed by atoms with Gasteiger partial charge in [0.25, 0.3) is 0 Å². The molecule has 0 fully saturated rings. The Hall–Kier alpha value is -2.66. The molecule has 1 aliphatic carbocycles. The van der Waals surface area contributed by atoms with E-state index in [2.05, 4.69) is 22.2 Å². The van der Waals surface area contributed by atoms with Crippen LogP contribution in [0.4, 0.5) is 0 Å². The zero-order valence-corrected chi connectivity index (χ0v) is 13.0. The molecule has 0 radical (unpaired) electrons. The summed E-state index contributed by atoms with van der Waals surface area (Å²) in [5, 5.41) is 16.1. The van der Waals surface area contributed by atoms with Crippen molar-refractivity contribution >= 4 is 21.6 Å². The Bertz CT molecular complexity index is 1010. The Morgan fingerprint density at radius 2 is 1.83 bits per heavy atom. The number of fused-ring (bicyclic) bond motifs is 4. The molecule has 0 aliphatic heterocycles. The maximum Gasteiger partial charge on any atom is 0.224 e. The number of para-hydroxylation sites is 1. The quantitative estimate of drug-likeness (QED) is 0.578. The summed E-state index contributed by atoms with van der Waals surface area (Å²) in [6, 6.07) is 16.2.